The molecule has 0 aliphatic carbocycles. The first kappa shape index (κ1) is 18.0. The van der Waals surface area contributed by atoms with E-state index < -0.39 is 0 Å². The van der Waals surface area contributed by atoms with Crippen molar-refractivity contribution in [2.75, 3.05) is 11.9 Å². The monoisotopic (exact) mass is 365 g/mol. The molecule has 2 aromatic carbocycles. The molecular formula is C21H21N2O2S+. The molecule has 3 rings (SSSR count). The van der Waals surface area contributed by atoms with Gasteiger partial charge in [0, 0.05) is 16.8 Å². The minimum atomic E-state index is -0.0943. The van der Waals surface area contributed by atoms with Crippen LogP contribution in [0.5, 0.6) is 0 Å². The maximum absolute atomic E-state index is 12.4. The van der Waals surface area contributed by atoms with Crippen molar-refractivity contribution in [1.29, 1.82) is 0 Å². The van der Waals surface area contributed by atoms with Gasteiger partial charge in [0.25, 0.3) is 5.91 Å². The molecule has 3 N–H and O–H groups in total. The van der Waals surface area contributed by atoms with Crippen LogP contribution in [-0.2, 0) is 4.79 Å². The van der Waals surface area contributed by atoms with E-state index in [4.69, 9.17) is 0 Å². The first-order valence-electron chi connectivity index (χ1n) is 8.46. The van der Waals surface area contributed by atoms with Crippen molar-refractivity contribution in [3.05, 3.63) is 88.1 Å². The fraction of sp³-hybridized carbons (Fsp3) is 0.143. The van der Waals surface area contributed by atoms with Gasteiger partial charge in [0.2, 0.25) is 0 Å². The van der Waals surface area contributed by atoms with Crippen LogP contribution >= 0.6 is 11.3 Å². The number of thiophene rings is 1. The number of Topliss-reactive ketones (excluding diaryl/α,β-unsaturated/α-hetero) is 1. The van der Waals surface area contributed by atoms with Crippen molar-refractivity contribution >= 4 is 28.7 Å². The lowest BCUT2D eigenvalue weighted by molar-refractivity contribution is -0.675. The van der Waals surface area contributed by atoms with Crippen molar-refractivity contribution in [3.63, 3.8) is 0 Å². The first-order chi connectivity index (χ1) is 12.6. The van der Waals surface area contributed by atoms with Crippen LogP contribution in [0.25, 0.3) is 0 Å². The third-order valence-corrected chi connectivity index (χ3v) is 5.06. The van der Waals surface area contributed by atoms with Gasteiger partial charge < -0.3 is 10.6 Å². The third kappa shape index (κ3) is 4.65. The van der Waals surface area contributed by atoms with Crippen LogP contribution in [0, 0.1) is 0 Å². The van der Waals surface area contributed by atoms with E-state index in [1.165, 1.54) is 17.4 Å². The molecule has 1 atom stereocenters. The number of rotatable bonds is 7. The SMILES string of the molecule is CC(=O)c1cccc(NC(=O)C[NH2+][C@@H](c2ccccc2)c2cccs2)c1. The molecule has 0 radical (unpaired) electrons. The van der Waals surface area contributed by atoms with Crippen LogP contribution in [0.15, 0.2) is 72.1 Å². The Kier molecular flexibility index (Phi) is 5.94. The number of ketones is 1. The zero-order valence-electron chi connectivity index (χ0n) is 14.5. The quantitative estimate of drug-likeness (QED) is 0.632. The summed E-state index contributed by atoms with van der Waals surface area (Å²) < 4.78 is 0. The van der Waals surface area contributed by atoms with Gasteiger partial charge in [-0.15, -0.1) is 11.3 Å². The normalized spacial score (nSPS) is 11.7. The van der Waals surface area contributed by atoms with E-state index in [-0.39, 0.29) is 17.7 Å². The summed E-state index contributed by atoms with van der Waals surface area (Å²) in [6.45, 7) is 1.81. The summed E-state index contributed by atoms with van der Waals surface area (Å²) in [5, 5.41) is 6.95. The second kappa shape index (κ2) is 8.56. The fourth-order valence-corrected chi connectivity index (χ4v) is 3.65. The summed E-state index contributed by atoms with van der Waals surface area (Å²) in [6, 6.07) is 21.4. The minimum absolute atomic E-state index is 0.0190. The smallest absolute Gasteiger partial charge is 0.279 e. The maximum Gasteiger partial charge on any atom is 0.279 e. The van der Waals surface area contributed by atoms with E-state index in [0.717, 1.165) is 0 Å². The molecule has 0 aliphatic heterocycles. The number of anilines is 1. The van der Waals surface area contributed by atoms with Crippen molar-refractivity contribution < 1.29 is 14.9 Å². The molecule has 0 saturated carbocycles. The number of nitrogens with two attached hydrogens (primary N) is 1. The molecule has 0 bridgehead atoms. The first-order valence-corrected chi connectivity index (χ1v) is 9.34. The van der Waals surface area contributed by atoms with E-state index >= 15 is 0 Å². The van der Waals surface area contributed by atoms with Crippen LogP contribution in [0.3, 0.4) is 0 Å². The molecule has 4 nitrogen and oxygen atoms in total. The van der Waals surface area contributed by atoms with Crippen molar-refractivity contribution in [1.82, 2.24) is 0 Å². The lowest BCUT2D eigenvalue weighted by Crippen LogP contribution is -2.87. The van der Waals surface area contributed by atoms with Crippen LogP contribution in [0.4, 0.5) is 5.69 Å². The number of carbonyl (C=O) groups is 2. The Morgan fingerprint density at radius 1 is 1.04 bits per heavy atom. The number of nitrogens with one attached hydrogen (secondary N) is 1. The van der Waals surface area contributed by atoms with Crippen molar-refractivity contribution in [2.24, 2.45) is 0 Å². The standard InChI is InChI=1S/C21H20N2O2S/c1-15(24)17-9-5-10-18(13-17)23-20(25)14-22-21(19-11-6-12-26-19)16-7-3-2-4-8-16/h2-13,21-22H,14H2,1H3,(H,23,25)/p+1/t21-/m0/s1. The van der Waals surface area contributed by atoms with Crippen molar-refractivity contribution in [3.8, 4) is 0 Å². The van der Waals surface area contributed by atoms with Gasteiger partial charge >= 0.3 is 0 Å². The highest BCUT2D eigenvalue weighted by Gasteiger charge is 2.19. The Morgan fingerprint density at radius 3 is 2.54 bits per heavy atom. The molecule has 0 saturated heterocycles. The van der Waals surface area contributed by atoms with Gasteiger partial charge in [0.15, 0.2) is 12.3 Å². The summed E-state index contributed by atoms with van der Waals surface area (Å²) in [4.78, 5) is 25.1. The lowest BCUT2D eigenvalue weighted by atomic mass is 10.1. The summed E-state index contributed by atoms with van der Waals surface area (Å²) in [5.74, 6) is -0.113. The molecule has 5 heteroatoms. The van der Waals surface area contributed by atoms with Gasteiger partial charge in [-0.3, -0.25) is 9.59 Å². The average molecular weight is 365 g/mol. The third-order valence-electron chi connectivity index (χ3n) is 4.10. The van der Waals surface area contributed by atoms with Gasteiger partial charge in [-0.2, -0.15) is 0 Å². The maximum atomic E-state index is 12.4. The Morgan fingerprint density at radius 2 is 1.85 bits per heavy atom. The van der Waals surface area contributed by atoms with E-state index in [2.05, 4.69) is 23.5 Å². The van der Waals surface area contributed by atoms with Crippen LogP contribution in [0.2, 0.25) is 0 Å². The van der Waals surface area contributed by atoms with Crippen LogP contribution in [0.1, 0.15) is 33.8 Å². The zero-order valence-corrected chi connectivity index (χ0v) is 15.3. The molecule has 0 unspecified atom stereocenters. The van der Waals surface area contributed by atoms with Gasteiger partial charge in [-0.1, -0.05) is 48.5 Å². The highest BCUT2D eigenvalue weighted by Crippen LogP contribution is 2.22. The molecule has 1 aromatic heterocycles. The highest BCUT2D eigenvalue weighted by molar-refractivity contribution is 7.10. The topological polar surface area (TPSA) is 62.8 Å². The lowest BCUT2D eigenvalue weighted by Gasteiger charge is -2.15. The molecule has 1 heterocycles. The van der Waals surface area contributed by atoms with Crippen LogP contribution in [-0.4, -0.2) is 18.2 Å². The largest absolute Gasteiger partial charge is 0.328 e. The van der Waals surface area contributed by atoms with E-state index in [0.29, 0.717) is 17.8 Å². The predicted molar refractivity (Wildman–Crippen MR) is 104 cm³/mol. The van der Waals surface area contributed by atoms with Gasteiger partial charge in [0.05, 0.1) is 4.88 Å². The van der Waals surface area contributed by atoms with Crippen LogP contribution < -0.4 is 10.6 Å². The molecule has 0 aliphatic rings. The fourth-order valence-electron chi connectivity index (χ4n) is 2.80. The summed E-state index contributed by atoms with van der Waals surface area (Å²) in [6.07, 6.45) is 0. The Labute approximate surface area is 156 Å². The van der Waals surface area contributed by atoms with Crippen molar-refractivity contribution in [2.45, 2.75) is 13.0 Å². The molecule has 1 amide bonds. The summed E-state index contributed by atoms with van der Waals surface area (Å²) >= 11 is 1.69. The number of hydrogen-bond donors (Lipinski definition) is 2. The van der Waals surface area contributed by atoms with Gasteiger partial charge in [-0.25, -0.2) is 0 Å². The number of carbonyl (C=O) groups excluding carboxylic acids is 2. The number of benzene rings is 2. The summed E-state index contributed by atoms with van der Waals surface area (Å²) in [7, 11) is 0. The number of quaternary nitrogens is 1. The Hall–Kier alpha value is -2.76. The van der Waals surface area contributed by atoms with E-state index in [9.17, 15) is 9.59 Å². The van der Waals surface area contributed by atoms with E-state index in [1.54, 1.807) is 35.6 Å². The van der Waals surface area contributed by atoms with Gasteiger partial charge in [0.1, 0.15) is 6.04 Å². The molecule has 26 heavy (non-hydrogen) atoms. The zero-order chi connectivity index (χ0) is 18.4. The predicted octanol–water partition coefficient (Wildman–Crippen LogP) is 3.24. The second-order valence-corrected chi connectivity index (χ2v) is 7.01. The number of amides is 1. The molecular weight excluding hydrogens is 344 g/mol. The Balaban J connectivity index is 1.67. The van der Waals surface area contributed by atoms with E-state index in [1.807, 2.05) is 35.0 Å². The summed E-state index contributed by atoms with van der Waals surface area (Å²) in [5.41, 5.74) is 2.40. The van der Waals surface area contributed by atoms with Gasteiger partial charge in [-0.05, 0) is 30.5 Å². The molecule has 0 fully saturated rings. The number of hydrogen-bond acceptors (Lipinski definition) is 3. The molecule has 0 spiro atoms. The second-order valence-electron chi connectivity index (χ2n) is 6.03. The Bertz CT molecular complexity index is 876. The molecule has 132 valence electrons. The molecule has 3 aromatic rings. The minimum Gasteiger partial charge on any atom is -0.328 e. The average Bonchev–Trinajstić information content (AvgIpc) is 3.17. The highest BCUT2D eigenvalue weighted by atomic mass is 32.1.